The number of nitrogens with one attached hydrogen (secondary N) is 1. The van der Waals surface area contributed by atoms with Crippen LogP contribution in [0.4, 0.5) is 4.79 Å². The normalized spacial score (nSPS) is 14.3. The maximum atomic E-state index is 10.3. The van der Waals surface area contributed by atoms with E-state index in [4.69, 9.17) is 5.11 Å². The molecule has 0 radical (unpaired) electrons. The topological polar surface area (TPSA) is 89.8 Å². The van der Waals surface area contributed by atoms with Crippen LogP contribution < -0.4 is 5.32 Å². The van der Waals surface area contributed by atoms with Crippen molar-refractivity contribution in [3.05, 3.63) is 29.8 Å². The van der Waals surface area contributed by atoms with Gasteiger partial charge in [0, 0.05) is 0 Å². The number of aliphatic hydroxyl groups is 1. The highest BCUT2D eigenvalue weighted by Crippen LogP contribution is 2.20. The van der Waals surface area contributed by atoms with Crippen molar-refractivity contribution in [2.24, 2.45) is 0 Å². The first kappa shape index (κ1) is 11.3. The number of hydrogen-bond acceptors (Lipinski definition) is 3. The van der Waals surface area contributed by atoms with Crippen LogP contribution in [0.3, 0.4) is 0 Å². The average Bonchev–Trinajstić information content (AvgIpc) is 2.15. The molecule has 2 atom stereocenters. The molecular formula is C10H13NO4. The summed E-state index contributed by atoms with van der Waals surface area (Å²) in [5, 5.41) is 29.5. The van der Waals surface area contributed by atoms with Gasteiger partial charge in [-0.2, -0.15) is 0 Å². The molecule has 1 amide bonds. The minimum Gasteiger partial charge on any atom is -0.508 e. The van der Waals surface area contributed by atoms with Crippen molar-refractivity contribution < 1.29 is 20.1 Å². The highest BCUT2D eigenvalue weighted by molar-refractivity contribution is 5.64. The number of amides is 1. The van der Waals surface area contributed by atoms with E-state index in [2.05, 4.69) is 5.32 Å². The summed E-state index contributed by atoms with van der Waals surface area (Å²) in [7, 11) is 0. The van der Waals surface area contributed by atoms with Gasteiger partial charge in [-0.3, -0.25) is 0 Å². The lowest BCUT2D eigenvalue weighted by molar-refractivity contribution is 0.127. The van der Waals surface area contributed by atoms with Crippen molar-refractivity contribution in [3.8, 4) is 5.75 Å². The molecule has 82 valence electrons. The van der Waals surface area contributed by atoms with Crippen LogP contribution in [0.15, 0.2) is 24.3 Å². The van der Waals surface area contributed by atoms with Crippen LogP contribution >= 0.6 is 0 Å². The Balaban J connectivity index is 2.75. The van der Waals surface area contributed by atoms with Crippen LogP contribution in [-0.4, -0.2) is 27.5 Å². The number of benzene rings is 1. The number of phenols is 1. The molecule has 0 aliphatic rings. The molecule has 0 bridgehead atoms. The number of aromatic hydroxyl groups is 1. The predicted octanol–water partition coefficient (Wildman–Crippen LogP) is 1.08. The first-order valence-corrected chi connectivity index (χ1v) is 4.47. The van der Waals surface area contributed by atoms with Gasteiger partial charge in [0.05, 0.1) is 12.1 Å². The summed E-state index contributed by atoms with van der Waals surface area (Å²) >= 11 is 0. The van der Waals surface area contributed by atoms with Crippen molar-refractivity contribution >= 4 is 6.09 Å². The molecule has 0 fully saturated rings. The van der Waals surface area contributed by atoms with Crippen molar-refractivity contribution in [1.29, 1.82) is 0 Å². The maximum Gasteiger partial charge on any atom is 0.404 e. The molecule has 0 saturated heterocycles. The standard InChI is InChI=1S/C10H13NO4/c1-6(11-10(14)15)9(13)7-3-2-4-8(12)5-7/h2-6,9,11-13H,1H3,(H,14,15). The Morgan fingerprint density at radius 2 is 2.13 bits per heavy atom. The van der Waals surface area contributed by atoms with Crippen LogP contribution in [0.25, 0.3) is 0 Å². The molecule has 0 saturated carbocycles. The van der Waals surface area contributed by atoms with Gasteiger partial charge in [0.1, 0.15) is 5.75 Å². The van der Waals surface area contributed by atoms with Crippen molar-refractivity contribution in [2.45, 2.75) is 19.1 Å². The summed E-state index contributed by atoms with van der Waals surface area (Å²) in [5.74, 6) is 0.0362. The van der Waals surface area contributed by atoms with Gasteiger partial charge in [-0.15, -0.1) is 0 Å². The first-order valence-electron chi connectivity index (χ1n) is 4.47. The minimum atomic E-state index is -1.19. The second-order valence-electron chi connectivity index (χ2n) is 3.28. The summed E-state index contributed by atoms with van der Waals surface area (Å²) in [6.45, 7) is 1.54. The number of hydrogen-bond donors (Lipinski definition) is 4. The first-order chi connectivity index (χ1) is 7.00. The molecule has 4 N–H and O–H groups in total. The summed E-state index contributed by atoms with van der Waals surface area (Å²) in [4.78, 5) is 10.3. The molecule has 1 aromatic carbocycles. The maximum absolute atomic E-state index is 10.3. The van der Waals surface area contributed by atoms with E-state index in [-0.39, 0.29) is 5.75 Å². The Hall–Kier alpha value is -1.75. The Bertz CT molecular complexity index is 353. The number of rotatable bonds is 3. The van der Waals surface area contributed by atoms with E-state index in [0.717, 1.165) is 0 Å². The third-order valence-electron chi connectivity index (χ3n) is 2.04. The predicted molar refractivity (Wildman–Crippen MR) is 53.7 cm³/mol. The number of carbonyl (C=O) groups is 1. The second-order valence-corrected chi connectivity index (χ2v) is 3.28. The third kappa shape index (κ3) is 3.14. The van der Waals surface area contributed by atoms with E-state index in [1.54, 1.807) is 19.1 Å². The van der Waals surface area contributed by atoms with E-state index in [1.807, 2.05) is 0 Å². The van der Waals surface area contributed by atoms with Gasteiger partial charge in [-0.1, -0.05) is 12.1 Å². The van der Waals surface area contributed by atoms with E-state index in [1.165, 1.54) is 12.1 Å². The van der Waals surface area contributed by atoms with Crippen LogP contribution in [-0.2, 0) is 0 Å². The Morgan fingerprint density at radius 1 is 1.47 bits per heavy atom. The molecule has 15 heavy (non-hydrogen) atoms. The average molecular weight is 211 g/mol. The van der Waals surface area contributed by atoms with Crippen molar-refractivity contribution in [2.75, 3.05) is 0 Å². The number of aliphatic hydroxyl groups excluding tert-OH is 1. The highest BCUT2D eigenvalue weighted by atomic mass is 16.4. The van der Waals surface area contributed by atoms with E-state index < -0.39 is 18.2 Å². The number of carboxylic acid groups (broad SMARTS) is 1. The number of phenolic OH excluding ortho intramolecular Hbond substituents is 1. The minimum absolute atomic E-state index is 0.0362. The highest BCUT2D eigenvalue weighted by Gasteiger charge is 2.18. The molecule has 0 heterocycles. The summed E-state index contributed by atoms with van der Waals surface area (Å²) in [5.41, 5.74) is 0.469. The van der Waals surface area contributed by atoms with Crippen LogP contribution in [0.1, 0.15) is 18.6 Å². The smallest absolute Gasteiger partial charge is 0.404 e. The van der Waals surface area contributed by atoms with Gasteiger partial charge in [0.25, 0.3) is 0 Å². The lowest BCUT2D eigenvalue weighted by Crippen LogP contribution is -2.35. The quantitative estimate of drug-likeness (QED) is 0.602. The molecule has 5 nitrogen and oxygen atoms in total. The summed E-state index contributed by atoms with van der Waals surface area (Å²) in [6.07, 6.45) is -2.17. The molecule has 0 spiro atoms. The summed E-state index contributed by atoms with van der Waals surface area (Å²) < 4.78 is 0. The second kappa shape index (κ2) is 4.65. The molecule has 0 aliphatic heterocycles. The Morgan fingerprint density at radius 3 is 2.67 bits per heavy atom. The molecular weight excluding hydrogens is 198 g/mol. The molecule has 0 aliphatic carbocycles. The van der Waals surface area contributed by atoms with Gasteiger partial charge < -0.3 is 20.6 Å². The van der Waals surface area contributed by atoms with Crippen molar-refractivity contribution in [3.63, 3.8) is 0 Å². The van der Waals surface area contributed by atoms with Gasteiger partial charge in [-0.05, 0) is 24.6 Å². The molecule has 1 aromatic rings. The molecule has 1 rings (SSSR count). The molecule has 2 unspecified atom stereocenters. The van der Waals surface area contributed by atoms with Crippen LogP contribution in [0.2, 0.25) is 0 Å². The van der Waals surface area contributed by atoms with E-state index in [0.29, 0.717) is 5.56 Å². The lowest BCUT2D eigenvalue weighted by atomic mass is 10.0. The van der Waals surface area contributed by atoms with Gasteiger partial charge >= 0.3 is 6.09 Å². The van der Waals surface area contributed by atoms with Crippen molar-refractivity contribution in [1.82, 2.24) is 5.32 Å². The fraction of sp³-hybridized carbons (Fsp3) is 0.300. The molecule has 0 aromatic heterocycles. The zero-order valence-electron chi connectivity index (χ0n) is 8.21. The van der Waals surface area contributed by atoms with E-state index >= 15 is 0 Å². The Kier molecular flexibility index (Phi) is 3.51. The van der Waals surface area contributed by atoms with E-state index in [9.17, 15) is 15.0 Å². The van der Waals surface area contributed by atoms with Gasteiger partial charge in [0.2, 0.25) is 0 Å². The third-order valence-corrected chi connectivity index (χ3v) is 2.04. The van der Waals surface area contributed by atoms with Gasteiger partial charge in [-0.25, -0.2) is 4.79 Å². The van der Waals surface area contributed by atoms with Gasteiger partial charge in [0.15, 0.2) is 0 Å². The molecule has 5 heteroatoms. The zero-order valence-corrected chi connectivity index (χ0v) is 8.21. The lowest BCUT2D eigenvalue weighted by Gasteiger charge is -2.18. The fourth-order valence-electron chi connectivity index (χ4n) is 1.27. The van der Waals surface area contributed by atoms with Crippen LogP contribution in [0, 0.1) is 0 Å². The monoisotopic (exact) mass is 211 g/mol. The fourth-order valence-corrected chi connectivity index (χ4v) is 1.27. The van der Waals surface area contributed by atoms with Crippen LogP contribution in [0.5, 0.6) is 5.75 Å². The Labute approximate surface area is 87.0 Å². The summed E-state index contributed by atoms with van der Waals surface area (Å²) in [6, 6.07) is 5.44. The zero-order chi connectivity index (χ0) is 11.4. The SMILES string of the molecule is CC(NC(=O)O)C(O)c1cccc(O)c1. The largest absolute Gasteiger partial charge is 0.508 e.